The van der Waals surface area contributed by atoms with Crippen LogP contribution < -0.4 is 5.32 Å². The predicted molar refractivity (Wildman–Crippen MR) is 51.9 cm³/mol. The van der Waals surface area contributed by atoms with E-state index in [2.05, 4.69) is 20.3 Å². The highest BCUT2D eigenvalue weighted by Gasteiger charge is 2.06. The molecular formula is C8H11N5O. The van der Waals surface area contributed by atoms with Crippen LogP contribution in [0.25, 0.3) is 11.2 Å². The van der Waals surface area contributed by atoms with Gasteiger partial charge in [0.25, 0.3) is 0 Å². The quantitative estimate of drug-likeness (QED) is 0.704. The van der Waals surface area contributed by atoms with E-state index in [0.717, 1.165) is 11.2 Å². The molecule has 6 heteroatoms. The van der Waals surface area contributed by atoms with E-state index in [9.17, 15) is 0 Å². The zero-order valence-electron chi connectivity index (χ0n) is 7.80. The number of imidazole rings is 1. The average Bonchev–Trinajstić information content (AvgIpc) is 2.58. The average molecular weight is 193 g/mol. The molecule has 0 amide bonds. The van der Waals surface area contributed by atoms with Crippen molar-refractivity contribution < 1.29 is 5.11 Å². The summed E-state index contributed by atoms with van der Waals surface area (Å²) in [6.07, 6.45) is 3.16. The van der Waals surface area contributed by atoms with Gasteiger partial charge in [0.15, 0.2) is 11.5 Å². The third-order valence-electron chi connectivity index (χ3n) is 1.90. The van der Waals surface area contributed by atoms with Gasteiger partial charge in [0.05, 0.1) is 12.9 Å². The van der Waals surface area contributed by atoms with Gasteiger partial charge in [0, 0.05) is 13.6 Å². The van der Waals surface area contributed by atoms with Crippen molar-refractivity contribution in [2.24, 2.45) is 7.05 Å². The predicted octanol–water partition coefficient (Wildman–Crippen LogP) is -0.233. The molecule has 2 aromatic heterocycles. The van der Waals surface area contributed by atoms with Crippen molar-refractivity contribution >= 4 is 17.0 Å². The summed E-state index contributed by atoms with van der Waals surface area (Å²) in [5, 5.41) is 11.6. The summed E-state index contributed by atoms with van der Waals surface area (Å²) in [7, 11) is 1.87. The molecule has 0 aliphatic heterocycles. The molecule has 2 N–H and O–H groups in total. The number of aliphatic hydroxyl groups is 1. The molecule has 0 saturated heterocycles. The summed E-state index contributed by atoms with van der Waals surface area (Å²) in [5.41, 5.74) is 1.50. The zero-order chi connectivity index (χ0) is 9.97. The molecule has 2 aromatic rings. The van der Waals surface area contributed by atoms with Crippen LogP contribution in [0.4, 0.5) is 5.82 Å². The van der Waals surface area contributed by atoms with Crippen LogP contribution in [-0.2, 0) is 7.05 Å². The number of nitrogens with zero attached hydrogens (tertiary/aromatic N) is 4. The van der Waals surface area contributed by atoms with Gasteiger partial charge >= 0.3 is 0 Å². The SMILES string of the molecule is Cn1cnc2c(NCCO)ncnc21. The summed E-state index contributed by atoms with van der Waals surface area (Å²) in [6.45, 7) is 0.529. The minimum absolute atomic E-state index is 0.0678. The Labute approximate surface area is 80.6 Å². The van der Waals surface area contributed by atoms with Crippen LogP contribution in [0, 0.1) is 0 Å². The maximum absolute atomic E-state index is 8.67. The number of aromatic nitrogens is 4. The maximum Gasteiger partial charge on any atom is 0.165 e. The molecular weight excluding hydrogens is 182 g/mol. The number of nitrogens with one attached hydrogen (secondary N) is 1. The zero-order valence-corrected chi connectivity index (χ0v) is 7.80. The van der Waals surface area contributed by atoms with E-state index in [1.54, 1.807) is 6.33 Å². The van der Waals surface area contributed by atoms with Gasteiger partial charge < -0.3 is 15.0 Å². The second-order valence-corrected chi connectivity index (χ2v) is 2.90. The highest BCUT2D eigenvalue weighted by atomic mass is 16.3. The van der Waals surface area contributed by atoms with Crippen molar-refractivity contribution in [1.82, 2.24) is 19.5 Å². The second-order valence-electron chi connectivity index (χ2n) is 2.90. The Hall–Kier alpha value is -1.69. The summed E-state index contributed by atoms with van der Waals surface area (Å²) in [5.74, 6) is 0.657. The highest BCUT2D eigenvalue weighted by molar-refractivity contribution is 5.82. The number of anilines is 1. The Morgan fingerprint density at radius 2 is 2.29 bits per heavy atom. The van der Waals surface area contributed by atoms with E-state index in [4.69, 9.17) is 5.11 Å². The van der Waals surface area contributed by atoms with Crippen LogP contribution in [0.1, 0.15) is 0 Å². The molecule has 0 bridgehead atoms. The number of aryl methyl sites for hydroxylation is 1. The Morgan fingerprint density at radius 1 is 1.43 bits per heavy atom. The first kappa shape index (κ1) is 8.89. The van der Waals surface area contributed by atoms with Crippen LogP contribution in [0.15, 0.2) is 12.7 Å². The largest absolute Gasteiger partial charge is 0.395 e. The van der Waals surface area contributed by atoms with E-state index in [0.29, 0.717) is 12.4 Å². The lowest BCUT2D eigenvalue weighted by atomic mass is 10.5. The highest BCUT2D eigenvalue weighted by Crippen LogP contribution is 2.15. The molecule has 2 rings (SSSR count). The number of fused-ring (bicyclic) bond motifs is 1. The van der Waals surface area contributed by atoms with Gasteiger partial charge in [0.1, 0.15) is 11.8 Å². The first-order chi connectivity index (χ1) is 6.83. The first-order valence-electron chi connectivity index (χ1n) is 4.29. The third-order valence-corrected chi connectivity index (χ3v) is 1.90. The molecule has 0 unspecified atom stereocenters. The lowest BCUT2D eigenvalue weighted by molar-refractivity contribution is 0.311. The second kappa shape index (κ2) is 3.59. The monoisotopic (exact) mass is 193 g/mol. The van der Waals surface area contributed by atoms with Gasteiger partial charge in [-0.05, 0) is 0 Å². The van der Waals surface area contributed by atoms with Gasteiger partial charge in [-0.15, -0.1) is 0 Å². The van der Waals surface area contributed by atoms with Crippen LogP contribution in [0.5, 0.6) is 0 Å². The molecule has 74 valence electrons. The Bertz CT molecular complexity index is 438. The van der Waals surface area contributed by atoms with E-state index < -0.39 is 0 Å². The minimum atomic E-state index is 0.0678. The lowest BCUT2D eigenvalue weighted by Gasteiger charge is -2.02. The topological polar surface area (TPSA) is 75.9 Å². The van der Waals surface area contributed by atoms with Crippen molar-refractivity contribution in [3.63, 3.8) is 0 Å². The molecule has 0 aromatic carbocycles. The molecule has 0 aliphatic carbocycles. The molecule has 14 heavy (non-hydrogen) atoms. The van der Waals surface area contributed by atoms with Crippen molar-refractivity contribution in [1.29, 1.82) is 0 Å². The summed E-state index contributed by atoms with van der Waals surface area (Å²) in [4.78, 5) is 12.3. The standard InChI is InChI=1S/C8H11N5O/c1-13-5-12-6-7(9-2-3-14)10-4-11-8(6)13/h4-5,14H,2-3H2,1H3,(H,9,10,11). The van der Waals surface area contributed by atoms with Crippen LogP contribution in [0.2, 0.25) is 0 Å². The number of rotatable bonds is 3. The fourth-order valence-electron chi connectivity index (χ4n) is 1.25. The molecule has 0 atom stereocenters. The van der Waals surface area contributed by atoms with Crippen LogP contribution in [0.3, 0.4) is 0 Å². The molecule has 0 aliphatic rings. The maximum atomic E-state index is 8.67. The lowest BCUT2D eigenvalue weighted by Crippen LogP contribution is -2.07. The van der Waals surface area contributed by atoms with Gasteiger partial charge in [-0.3, -0.25) is 0 Å². The van der Waals surface area contributed by atoms with Gasteiger partial charge in [-0.25, -0.2) is 15.0 Å². The van der Waals surface area contributed by atoms with Crippen molar-refractivity contribution in [2.75, 3.05) is 18.5 Å². The smallest absolute Gasteiger partial charge is 0.165 e. The van der Waals surface area contributed by atoms with Crippen LogP contribution >= 0.6 is 0 Å². The summed E-state index contributed by atoms with van der Waals surface area (Å²) in [6, 6.07) is 0. The molecule has 0 saturated carbocycles. The number of hydrogen-bond donors (Lipinski definition) is 2. The Morgan fingerprint density at radius 3 is 3.07 bits per heavy atom. The fraction of sp³-hybridized carbons (Fsp3) is 0.375. The Balaban J connectivity index is 2.44. The normalized spacial score (nSPS) is 10.7. The molecule has 0 fully saturated rings. The summed E-state index contributed by atoms with van der Waals surface area (Å²) >= 11 is 0. The van der Waals surface area contributed by atoms with E-state index in [-0.39, 0.29) is 6.61 Å². The van der Waals surface area contributed by atoms with E-state index in [1.807, 2.05) is 11.6 Å². The van der Waals surface area contributed by atoms with E-state index in [1.165, 1.54) is 6.33 Å². The third kappa shape index (κ3) is 1.39. The van der Waals surface area contributed by atoms with Crippen molar-refractivity contribution in [3.05, 3.63) is 12.7 Å². The molecule has 0 spiro atoms. The number of hydrogen-bond acceptors (Lipinski definition) is 5. The summed E-state index contributed by atoms with van der Waals surface area (Å²) < 4.78 is 1.82. The van der Waals surface area contributed by atoms with Gasteiger partial charge in [-0.2, -0.15) is 0 Å². The van der Waals surface area contributed by atoms with Gasteiger partial charge in [0.2, 0.25) is 0 Å². The van der Waals surface area contributed by atoms with Gasteiger partial charge in [-0.1, -0.05) is 0 Å². The van der Waals surface area contributed by atoms with Crippen molar-refractivity contribution in [3.8, 4) is 0 Å². The number of aliphatic hydroxyl groups excluding tert-OH is 1. The van der Waals surface area contributed by atoms with Crippen LogP contribution in [-0.4, -0.2) is 37.8 Å². The Kier molecular flexibility index (Phi) is 2.28. The first-order valence-corrected chi connectivity index (χ1v) is 4.29. The van der Waals surface area contributed by atoms with E-state index >= 15 is 0 Å². The molecule has 6 nitrogen and oxygen atoms in total. The van der Waals surface area contributed by atoms with Crippen molar-refractivity contribution in [2.45, 2.75) is 0 Å². The molecule has 0 radical (unpaired) electrons. The minimum Gasteiger partial charge on any atom is -0.395 e. The fourth-order valence-corrected chi connectivity index (χ4v) is 1.25. The molecule has 2 heterocycles.